The van der Waals surface area contributed by atoms with Gasteiger partial charge in [-0.25, -0.2) is 0 Å². The van der Waals surface area contributed by atoms with Gasteiger partial charge >= 0.3 is 0 Å². The molecule has 3 rings (SSSR count). The maximum absolute atomic E-state index is 6.02. The van der Waals surface area contributed by atoms with Gasteiger partial charge in [-0.2, -0.15) is 0 Å². The molecule has 0 amide bonds. The molecule has 0 aliphatic carbocycles. The molecule has 0 aliphatic rings. The molecule has 0 aliphatic heterocycles. The molecule has 5 heteroatoms. The molecular formula is C19H20ClN3S. The van der Waals surface area contributed by atoms with E-state index in [0.29, 0.717) is 0 Å². The number of benzene rings is 2. The van der Waals surface area contributed by atoms with E-state index in [1.807, 2.05) is 24.3 Å². The Bertz CT molecular complexity index is 812. The number of hydrogen-bond donors (Lipinski definition) is 0. The molecule has 1 heterocycles. The highest BCUT2D eigenvalue weighted by Crippen LogP contribution is 2.29. The lowest BCUT2D eigenvalue weighted by Gasteiger charge is -2.11. The van der Waals surface area contributed by atoms with Gasteiger partial charge in [-0.15, -0.1) is 10.2 Å². The normalized spacial score (nSPS) is 11.0. The van der Waals surface area contributed by atoms with Crippen LogP contribution in [-0.4, -0.2) is 20.5 Å². The van der Waals surface area contributed by atoms with Crippen LogP contribution in [0.2, 0.25) is 5.02 Å². The highest BCUT2D eigenvalue weighted by atomic mass is 35.5. The molecule has 0 bridgehead atoms. The summed E-state index contributed by atoms with van der Waals surface area (Å²) in [7, 11) is 0. The second-order valence-electron chi connectivity index (χ2n) is 5.69. The van der Waals surface area contributed by atoms with Gasteiger partial charge in [0.15, 0.2) is 11.0 Å². The van der Waals surface area contributed by atoms with Crippen molar-refractivity contribution < 1.29 is 0 Å². The summed E-state index contributed by atoms with van der Waals surface area (Å²) in [5.41, 5.74) is 3.31. The molecule has 0 radical (unpaired) electrons. The summed E-state index contributed by atoms with van der Waals surface area (Å²) in [5.74, 6) is 1.89. The van der Waals surface area contributed by atoms with E-state index in [9.17, 15) is 0 Å². The Hall–Kier alpha value is -1.78. The van der Waals surface area contributed by atoms with E-state index in [0.717, 1.165) is 33.0 Å². The van der Waals surface area contributed by atoms with Crippen molar-refractivity contribution in [2.75, 3.05) is 5.75 Å². The van der Waals surface area contributed by atoms with Gasteiger partial charge in [0.05, 0.1) is 0 Å². The van der Waals surface area contributed by atoms with Gasteiger partial charge in [0, 0.05) is 22.0 Å². The van der Waals surface area contributed by atoms with Crippen molar-refractivity contribution in [3.63, 3.8) is 0 Å². The fraction of sp³-hybridized carbons (Fsp3) is 0.263. The molecule has 1 aromatic heterocycles. The van der Waals surface area contributed by atoms with Crippen molar-refractivity contribution in [3.05, 3.63) is 59.1 Å². The second kappa shape index (κ2) is 7.86. The Labute approximate surface area is 152 Å². The van der Waals surface area contributed by atoms with E-state index in [4.69, 9.17) is 11.6 Å². The first-order valence-corrected chi connectivity index (χ1v) is 9.46. The minimum Gasteiger partial charge on any atom is -0.270 e. The van der Waals surface area contributed by atoms with Crippen LogP contribution in [0.4, 0.5) is 0 Å². The van der Waals surface area contributed by atoms with Crippen LogP contribution in [0.15, 0.2) is 53.7 Å². The summed E-state index contributed by atoms with van der Waals surface area (Å²) in [4.78, 5) is 0. The van der Waals surface area contributed by atoms with E-state index in [2.05, 4.69) is 52.9 Å². The minimum atomic E-state index is 0.720. The third-order valence-corrected chi connectivity index (χ3v) is 4.99. The monoisotopic (exact) mass is 357 g/mol. The van der Waals surface area contributed by atoms with Gasteiger partial charge in [-0.1, -0.05) is 48.8 Å². The predicted molar refractivity (Wildman–Crippen MR) is 102 cm³/mol. The topological polar surface area (TPSA) is 30.7 Å². The molecule has 0 saturated carbocycles. The zero-order chi connectivity index (χ0) is 16.9. The summed E-state index contributed by atoms with van der Waals surface area (Å²) < 4.78 is 2.14. The highest BCUT2D eigenvalue weighted by molar-refractivity contribution is 7.99. The molecule has 0 atom stereocenters. The van der Waals surface area contributed by atoms with Gasteiger partial charge in [0.1, 0.15) is 0 Å². The number of rotatable bonds is 6. The number of unbranched alkanes of at least 4 members (excludes halogenated alkanes) is 1. The zero-order valence-electron chi connectivity index (χ0n) is 13.9. The van der Waals surface area contributed by atoms with Crippen LogP contribution in [-0.2, 0) is 0 Å². The van der Waals surface area contributed by atoms with Crippen LogP contribution in [0.1, 0.15) is 25.3 Å². The smallest absolute Gasteiger partial charge is 0.196 e. The standard InChI is InChI=1S/C19H20ClN3S/c1-3-4-12-24-19-22-21-18(15-8-10-16(20)11-9-15)23(19)17-7-5-6-14(2)13-17/h5-11,13H,3-4,12H2,1-2H3. The molecule has 0 fully saturated rings. The van der Waals surface area contributed by atoms with E-state index < -0.39 is 0 Å². The number of thioether (sulfide) groups is 1. The van der Waals surface area contributed by atoms with Crippen LogP contribution in [0.25, 0.3) is 17.1 Å². The molecule has 0 N–H and O–H groups in total. The molecule has 124 valence electrons. The largest absolute Gasteiger partial charge is 0.270 e. The van der Waals surface area contributed by atoms with Crippen molar-refractivity contribution in [1.29, 1.82) is 0 Å². The number of halogens is 1. The third-order valence-electron chi connectivity index (χ3n) is 3.72. The van der Waals surface area contributed by atoms with Crippen LogP contribution in [0, 0.1) is 6.92 Å². The Morgan fingerprint density at radius 2 is 1.88 bits per heavy atom. The summed E-state index contributed by atoms with van der Waals surface area (Å²) in [6, 6.07) is 16.2. The zero-order valence-corrected chi connectivity index (χ0v) is 15.4. The van der Waals surface area contributed by atoms with Gasteiger partial charge in [-0.3, -0.25) is 4.57 Å². The molecule has 3 aromatic rings. The van der Waals surface area contributed by atoms with Crippen molar-refractivity contribution in [3.8, 4) is 17.1 Å². The fourth-order valence-electron chi connectivity index (χ4n) is 2.46. The Balaban J connectivity index is 2.07. The first-order valence-electron chi connectivity index (χ1n) is 8.10. The second-order valence-corrected chi connectivity index (χ2v) is 7.19. The Kier molecular flexibility index (Phi) is 5.59. The molecule has 2 aromatic carbocycles. The van der Waals surface area contributed by atoms with E-state index in [1.165, 1.54) is 18.4 Å². The fourth-order valence-corrected chi connectivity index (χ4v) is 3.62. The number of aryl methyl sites for hydroxylation is 1. The predicted octanol–water partition coefficient (Wildman–Crippen LogP) is 5.79. The lowest BCUT2D eigenvalue weighted by molar-refractivity contribution is 0.865. The Morgan fingerprint density at radius 3 is 2.58 bits per heavy atom. The first-order chi connectivity index (χ1) is 11.7. The SMILES string of the molecule is CCCCSc1nnc(-c2ccc(Cl)cc2)n1-c1cccc(C)c1. The summed E-state index contributed by atoms with van der Waals surface area (Å²) in [5, 5.41) is 10.5. The van der Waals surface area contributed by atoms with Crippen LogP contribution in [0.3, 0.4) is 0 Å². The maximum atomic E-state index is 6.02. The molecule has 0 unspecified atom stereocenters. The van der Waals surface area contributed by atoms with Gasteiger partial charge < -0.3 is 0 Å². The average molecular weight is 358 g/mol. The van der Waals surface area contributed by atoms with Crippen molar-refractivity contribution in [2.24, 2.45) is 0 Å². The van der Waals surface area contributed by atoms with Gasteiger partial charge in [0.2, 0.25) is 0 Å². The number of nitrogens with zero attached hydrogens (tertiary/aromatic N) is 3. The average Bonchev–Trinajstić information content (AvgIpc) is 3.00. The number of hydrogen-bond acceptors (Lipinski definition) is 3. The molecule has 0 spiro atoms. The van der Waals surface area contributed by atoms with Crippen molar-refractivity contribution in [1.82, 2.24) is 14.8 Å². The third kappa shape index (κ3) is 3.82. The van der Waals surface area contributed by atoms with Gasteiger partial charge in [-0.05, 0) is 55.3 Å². The number of aromatic nitrogens is 3. The lowest BCUT2D eigenvalue weighted by Crippen LogP contribution is -2.00. The van der Waals surface area contributed by atoms with Gasteiger partial charge in [0.25, 0.3) is 0 Å². The van der Waals surface area contributed by atoms with E-state index >= 15 is 0 Å². The molecule has 3 nitrogen and oxygen atoms in total. The molecular weight excluding hydrogens is 338 g/mol. The summed E-state index contributed by atoms with van der Waals surface area (Å²) in [6.45, 7) is 4.30. The summed E-state index contributed by atoms with van der Waals surface area (Å²) >= 11 is 7.77. The van der Waals surface area contributed by atoms with Crippen molar-refractivity contribution >= 4 is 23.4 Å². The quantitative estimate of drug-likeness (QED) is 0.413. The summed E-state index contributed by atoms with van der Waals surface area (Å²) in [6.07, 6.45) is 2.34. The van der Waals surface area contributed by atoms with Crippen LogP contribution in [0.5, 0.6) is 0 Å². The van der Waals surface area contributed by atoms with E-state index in [1.54, 1.807) is 11.8 Å². The Morgan fingerprint density at radius 1 is 1.08 bits per heavy atom. The maximum Gasteiger partial charge on any atom is 0.196 e. The molecule has 24 heavy (non-hydrogen) atoms. The van der Waals surface area contributed by atoms with E-state index in [-0.39, 0.29) is 0 Å². The highest BCUT2D eigenvalue weighted by Gasteiger charge is 2.16. The first kappa shape index (κ1) is 17.1. The lowest BCUT2D eigenvalue weighted by atomic mass is 10.2. The van der Waals surface area contributed by atoms with Crippen LogP contribution >= 0.6 is 23.4 Å². The minimum absolute atomic E-state index is 0.720. The molecule has 0 saturated heterocycles. The van der Waals surface area contributed by atoms with Crippen molar-refractivity contribution in [2.45, 2.75) is 31.8 Å². The van der Waals surface area contributed by atoms with Crippen LogP contribution < -0.4 is 0 Å².